The maximum absolute atomic E-state index is 11.5. The third-order valence-electron chi connectivity index (χ3n) is 4.53. The second kappa shape index (κ2) is 3.44. The molecular weight excluding hydrogens is 202 g/mol. The summed E-state index contributed by atoms with van der Waals surface area (Å²) in [5.41, 5.74) is 0.403. The monoisotopic (exact) mass is 219 g/mol. The van der Waals surface area contributed by atoms with Gasteiger partial charge in [-0.15, -0.1) is 0 Å². The third kappa shape index (κ3) is 1.20. The number of rotatable bonds is 2. The summed E-state index contributed by atoms with van der Waals surface area (Å²) in [6, 6.07) is 0. The summed E-state index contributed by atoms with van der Waals surface area (Å²) in [6.07, 6.45) is 12.5. The van der Waals surface area contributed by atoms with E-state index >= 15 is 0 Å². The first-order chi connectivity index (χ1) is 7.73. The van der Waals surface area contributed by atoms with Crippen LogP contribution in [0.4, 0.5) is 0 Å². The summed E-state index contributed by atoms with van der Waals surface area (Å²) < 4.78 is 0. The molecule has 3 atom stereocenters. The van der Waals surface area contributed by atoms with Crippen molar-refractivity contribution in [2.75, 3.05) is 0 Å². The first-order valence-electron chi connectivity index (χ1n) is 6.26. The van der Waals surface area contributed by atoms with Gasteiger partial charge in [0.2, 0.25) is 5.54 Å². The molecule has 1 fully saturated rings. The molecule has 3 nitrogen and oxygen atoms in total. The molecule has 2 bridgehead atoms. The molecule has 0 spiro atoms. The van der Waals surface area contributed by atoms with Crippen molar-refractivity contribution in [3.8, 4) is 0 Å². The van der Waals surface area contributed by atoms with Gasteiger partial charge in [-0.1, -0.05) is 18.2 Å². The fourth-order valence-electron chi connectivity index (χ4n) is 3.76. The Bertz CT molecular complexity index is 385. The number of hydrogen-bond donors (Lipinski definition) is 0. The zero-order valence-corrected chi connectivity index (χ0v) is 9.39. The van der Waals surface area contributed by atoms with E-state index in [0.29, 0.717) is 5.92 Å². The van der Waals surface area contributed by atoms with Crippen LogP contribution in [0.1, 0.15) is 38.5 Å². The molecule has 1 unspecified atom stereocenters. The van der Waals surface area contributed by atoms with Crippen LogP contribution in [0, 0.1) is 22.0 Å². The molecule has 0 amide bonds. The molecule has 0 aliphatic heterocycles. The molecule has 0 saturated heterocycles. The van der Waals surface area contributed by atoms with Gasteiger partial charge in [0.1, 0.15) is 0 Å². The first kappa shape index (κ1) is 10.1. The largest absolute Gasteiger partial charge is 0.264 e. The maximum atomic E-state index is 11.5. The Labute approximate surface area is 95.4 Å². The van der Waals surface area contributed by atoms with Crippen molar-refractivity contribution in [2.24, 2.45) is 11.8 Å². The van der Waals surface area contributed by atoms with Crippen molar-refractivity contribution in [3.63, 3.8) is 0 Å². The van der Waals surface area contributed by atoms with Crippen LogP contribution in [-0.4, -0.2) is 10.5 Å². The Hall–Kier alpha value is -1.12. The number of fused-ring (bicyclic) bond motifs is 2. The molecule has 3 aliphatic carbocycles. The Kier molecular flexibility index (Phi) is 2.16. The van der Waals surface area contributed by atoms with E-state index in [4.69, 9.17) is 0 Å². The summed E-state index contributed by atoms with van der Waals surface area (Å²) >= 11 is 0. The summed E-state index contributed by atoms with van der Waals surface area (Å²) in [4.78, 5) is 11.6. The van der Waals surface area contributed by atoms with Crippen LogP contribution in [0.25, 0.3) is 0 Å². The van der Waals surface area contributed by atoms with Gasteiger partial charge in [0.25, 0.3) is 0 Å². The van der Waals surface area contributed by atoms with E-state index in [1.165, 1.54) is 6.42 Å². The van der Waals surface area contributed by atoms with Crippen molar-refractivity contribution < 1.29 is 4.92 Å². The highest BCUT2D eigenvalue weighted by molar-refractivity contribution is 5.30. The minimum absolute atomic E-state index is 0.0122. The normalized spacial score (nSPS) is 41.1. The molecule has 16 heavy (non-hydrogen) atoms. The van der Waals surface area contributed by atoms with Crippen LogP contribution < -0.4 is 0 Å². The standard InChI is InChI=1S/C13H17NO2/c15-14(16)13(11-4-2-1-3-5-11)9-10-6-7-12(13)8-10/h4,6-7,10,12H,1-3,5,8-9H2/t10-,12+,13?/m0/s1. The molecule has 3 heteroatoms. The van der Waals surface area contributed by atoms with Crippen LogP contribution in [0.15, 0.2) is 23.8 Å². The number of nitrogens with zero attached hydrogens (tertiary/aromatic N) is 1. The fourth-order valence-corrected chi connectivity index (χ4v) is 3.76. The molecule has 86 valence electrons. The molecule has 1 saturated carbocycles. The van der Waals surface area contributed by atoms with Crippen molar-refractivity contribution in [1.29, 1.82) is 0 Å². The van der Waals surface area contributed by atoms with E-state index in [0.717, 1.165) is 37.7 Å². The van der Waals surface area contributed by atoms with E-state index in [9.17, 15) is 10.1 Å². The van der Waals surface area contributed by atoms with Gasteiger partial charge in [0, 0.05) is 16.9 Å². The van der Waals surface area contributed by atoms with Gasteiger partial charge in [-0.3, -0.25) is 10.1 Å². The lowest BCUT2D eigenvalue weighted by Crippen LogP contribution is -2.44. The van der Waals surface area contributed by atoms with Gasteiger partial charge in [0.05, 0.1) is 5.92 Å². The number of hydrogen-bond acceptors (Lipinski definition) is 2. The minimum Gasteiger partial charge on any atom is -0.264 e. The van der Waals surface area contributed by atoms with Gasteiger partial charge in [0.15, 0.2) is 0 Å². The smallest absolute Gasteiger partial charge is 0.249 e. The predicted molar refractivity (Wildman–Crippen MR) is 61.6 cm³/mol. The first-order valence-corrected chi connectivity index (χ1v) is 6.26. The van der Waals surface area contributed by atoms with Gasteiger partial charge >= 0.3 is 0 Å². The van der Waals surface area contributed by atoms with E-state index in [2.05, 4.69) is 18.2 Å². The highest BCUT2D eigenvalue weighted by Crippen LogP contribution is 2.53. The highest BCUT2D eigenvalue weighted by Gasteiger charge is 2.59. The summed E-state index contributed by atoms with van der Waals surface area (Å²) in [5.74, 6) is 0.620. The zero-order valence-electron chi connectivity index (χ0n) is 9.39. The van der Waals surface area contributed by atoms with Crippen LogP contribution in [-0.2, 0) is 0 Å². The van der Waals surface area contributed by atoms with E-state index < -0.39 is 5.54 Å². The molecule has 0 heterocycles. The Morgan fingerprint density at radius 1 is 1.38 bits per heavy atom. The minimum atomic E-state index is -0.722. The SMILES string of the molecule is O=[N+]([O-])C1(C2=CCCCC2)C[C@H]2C=C[C@@H]1C2. The third-order valence-corrected chi connectivity index (χ3v) is 4.53. The second-order valence-corrected chi connectivity index (χ2v) is 5.35. The molecule has 0 radical (unpaired) electrons. The van der Waals surface area contributed by atoms with Crippen molar-refractivity contribution >= 4 is 0 Å². The van der Waals surface area contributed by atoms with Gasteiger partial charge in [-0.05, 0) is 38.0 Å². The predicted octanol–water partition coefficient (Wildman–Crippen LogP) is 3.10. The maximum Gasteiger partial charge on any atom is 0.249 e. The quantitative estimate of drug-likeness (QED) is 0.407. The molecule has 3 rings (SSSR count). The average molecular weight is 219 g/mol. The van der Waals surface area contributed by atoms with Crippen LogP contribution in [0.3, 0.4) is 0 Å². The fraction of sp³-hybridized carbons (Fsp3) is 0.692. The summed E-state index contributed by atoms with van der Waals surface area (Å²) in [6.45, 7) is 0. The van der Waals surface area contributed by atoms with E-state index in [-0.39, 0.29) is 10.8 Å². The lowest BCUT2D eigenvalue weighted by molar-refractivity contribution is -0.564. The van der Waals surface area contributed by atoms with Crippen molar-refractivity contribution in [2.45, 2.75) is 44.1 Å². The van der Waals surface area contributed by atoms with Gasteiger partial charge in [-0.2, -0.15) is 0 Å². The molecule has 0 N–H and O–H groups in total. The summed E-state index contributed by atoms with van der Waals surface area (Å²) in [5, 5.41) is 11.5. The van der Waals surface area contributed by atoms with Gasteiger partial charge in [-0.25, -0.2) is 0 Å². The van der Waals surface area contributed by atoms with Crippen molar-refractivity contribution in [3.05, 3.63) is 33.9 Å². The molecule has 0 aromatic rings. The van der Waals surface area contributed by atoms with E-state index in [1.807, 2.05) is 0 Å². The van der Waals surface area contributed by atoms with Gasteiger partial charge < -0.3 is 0 Å². The molecule has 3 aliphatic rings. The molecule has 0 aromatic carbocycles. The summed E-state index contributed by atoms with van der Waals surface area (Å²) in [7, 11) is 0. The Morgan fingerprint density at radius 3 is 2.75 bits per heavy atom. The lowest BCUT2D eigenvalue weighted by Gasteiger charge is -2.31. The molecular formula is C13H17NO2. The van der Waals surface area contributed by atoms with Crippen molar-refractivity contribution in [1.82, 2.24) is 0 Å². The Morgan fingerprint density at radius 2 is 2.25 bits per heavy atom. The highest BCUT2D eigenvalue weighted by atomic mass is 16.6. The van der Waals surface area contributed by atoms with Crippen LogP contribution in [0.5, 0.6) is 0 Å². The average Bonchev–Trinajstić information content (AvgIpc) is 2.90. The zero-order chi connectivity index (χ0) is 11.2. The van der Waals surface area contributed by atoms with Crippen LogP contribution in [0.2, 0.25) is 0 Å². The Balaban J connectivity index is 2.01. The van der Waals surface area contributed by atoms with E-state index in [1.54, 1.807) is 0 Å². The second-order valence-electron chi connectivity index (χ2n) is 5.35. The lowest BCUT2D eigenvalue weighted by atomic mass is 9.75. The number of allylic oxidation sites excluding steroid dienone is 2. The van der Waals surface area contributed by atoms with Crippen LogP contribution >= 0.6 is 0 Å². The molecule has 0 aromatic heterocycles. The topological polar surface area (TPSA) is 43.1 Å². The number of nitro groups is 1.